The molecule has 0 spiro atoms. The maximum atomic E-state index is 15.0. The number of amides is 1. The molecule has 2 aliphatic heterocycles. The van der Waals surface area contributed by atoms with Crippen LogP contribution in [0.25, 0.3) is 11.0 Å². The highest BCUT2D eigenvalue weighted by atomic mass is 19.1. The Labute approximate surface area is 201 Å². The minimum Gasteiger partial charge on any atom is -0.367 e. The predicted octanol–water partition coefficient (Wildman–Crippen LogP) is 2.57. The number of aromatic amines is 1. The van der Waals surface area contributed by atoms with Crippen molar-refractivity contribution >= 4 is 22.6 Å². The van der Waals surface area contributed by atoms with Crippen LogP contribution in [0.5, 0.6) is 0 Å². The molecule has 2 saturated heterocycles. The molecule has 2 aliphatic rings. The quantitative estimate of drug-likeness (QED) is 0.582. The van der Waals surface area contributed by atoms with E-state index in [1.54, 1.807) is 31.2 Å². The number of hydrogen-bond donors (Lipinski definition) is 2. The molecule has 2 fully saturated rings. The summed E-state index contributed by atoms with van der Waals surface area (Å²) in [6.45, 7) is 5.98. The second-order valence-corrected chi connectivity index (χ2v) is 9.15. The highest BCUT2D eigenvalue weighted by Crippen LogP contribution is 2.24. The minimum absolute atomic E-state index is 0.118. The summed E-state index contributed by atoms with van der Waals surface area (Å²) < 4.78 is 29.9. The summed E-state index contributed by atoms with van der Waals surface area (Å²) in [5, 5.41) is 1.86. The van der Waals surface area contributed by atoms with Crippen LogP contribution in [0.1, 0.15) is 34.5 Å². The number of fused-ring (bicyclic) bond motifs is 1. The van der Waals surface area contributed by atoms with Gasteiger partial charge in [0, 0.05) is 56.9 Å². The fraction of sp³-hybridized carbons (Fsp3) is 0.400. The Kier molecular flexibility index (Phi) is 6.48. The number of benzene rings is 2. The lowest BCUT2D eigenvalue weighted by Gasteiger charge is -2.36. The van der Waals surface area contributed by atoms with E-state index < -0.39 is 17.2 Å². The summed E-state index contributed by atoms with van der Waals surface area (Å²) in [6, 6.07) is 7.99. The molecular weight excluding hydrogens is 454 g/mol. The van der Waals surface area contributed by atoms with Crippen molar-refractivity contribution in [2.45, 2.75) is 26.3 Å². The zero-order chi connectivity index (χ0) is 24.5. The van der Waals surface area contributed by atoms with E-state index in [-0.39, 0.29) is 11.4 Å². The molecule has 0 saturated carbocycles. The van der Waals surface area contributed by atoms with Crippen molar-refractivity contribution < 1.29 is 13.6 Å². The predicted molar refractivity (Wildman–Crippen MR) is 129 cm³/mol. The van der Waals surface area contributed by atoms with E-state index in [0.29, 0.717) is 60.7 Å². The Bertz CT molecular complexity index is 1310. The number of hydrazine groups is 1. The third kappa shape index (κ3) is 4.89. The lowest BCUT2D eigenvalue weighted by atomic mass is 10.1. The Hall–Kier alpha value is -3.37. The van der Waals surface area contributed by atoms with Gasteiger partial charge < -0.3 is 9.88 Å². The van der Waals surface area contributed by atoms with Gasteiger partial charge in [-0.1, -0.05) is 6.07 Å². The van der Waals surface area contributed by atoms with Gasteiger partial charge in [-0.2, -0.15) is 0 Å². The number of rotatable bonds is 5. The molecule has 184 valence electrons. The van der Waals surface area contributed by atoms with Gasteiger partial charge in [0.2, 0.25) is 0 Å². The molecule has 1 amide bonds. The van der Waals surface area contributed by atoms with E-state index in [2.05, 4.69) is 20.3 Å². The van der Waals surface area contributed by atoms with Gasteiger partial charge in [-0.3, -0.25) is 19.9 Å². The number of aryl methyl sites for hydroxylation is 1. The first-order valence-electron chi connectivity index (χ1n) is 11.9. The van der Waals surface area contributed by atoms with E-state index in [9.17, 15) is 14.0 Å². The van der Waals surface area contributed by atoms with Crippen molar-refractivity contribution in [3.8, 4) is 0 Å². The summed E-state index contributed by atoms with van der Waals surface area (Å²) in [5.41, 5.74) is 4.49. The standard InChI is InChI=1S/C25H28F2N6O2/c1-16-24(34)29-23-20(28-16)6-4-18(22(23)27)15-31-10-12-32(13-11-31)21-7-5-17(14-19(21)26)25(35)30-33-8-2-3-9-33/h4-7,14H,2-3,8-13,15H2,1H3,(H,29,34)(H,30,35). The average Bonchev–Trinajstić information content (AvgIpc) is 3.36. The number of nitrogens with one attached hydrogen (secondary N) is 2. The van der Waals surface area contributed by atoms with E-state index in [1.165, 1.54) is 6.07 Å². The summed E-state index contributed by atoms with van der Waals surface area (Å²) >= 11 is 0. The minimum atomic E-state index is -0.469. The molecule has 0 radical (unpaired) electrons. The maximum absolute atomic E-state index is 15.0. The van der Waals surface area contributed by atoms with E-state index >= 15 is 4.39 Å². The summed E-state index contributed by atoms with van der Waals surface area (Å²) in [5.74, 6) is -1.20. The summed E-state index contributed by atoms with van der Waals surface area (Å²) in [7, 11) is 0. The van der Waals surface area contributed by atoms with Gasteiger partial charge in [0.25, 0.3) is 11.5 Å². The molecule has 3 aromatic rings. The molecule has 8 nitrogen and oxygen atoms in total. The van der Waals surface area contributed by atoms with Gasteiger partial charge >= 0.3 is 0 Å². The second-order valence-electron chi connectivity index (χ2n) is 9.15. The van der Waals surface area contributed by atoms with Crippen LogP contribution in [0.2, 0.25) is 0 Å². The van der Waals surface area contributed by atoms with Gasteiger partial charge in [0.1, 0.15) is 17.0 Å². The summed E-state index contributed by atoms with van der Waals surface area (Å²) in [6.07, 6.45) is 2.09. The molecule has 1 aromatic heterocycles. The Morgan fingerprint density at radius 1 is 1.06 bits per heavy atom. The van der Waals surface area contributed by atoms with Crippen LogP contribution in [0.3, 0.4) is 0 Å². The molecule has 2 N–H and O–H groups in total. The van der Waals surface area contributed by atoms with Gasteiger partial charge in [-0.15, -0.1) is 0 Å². The smallest absolute Gasteiger partial charge is 0.269 e. The van der Waals surface area contributed by atoms with Crippen molar-refractivity contribution in [3.63, 3.8) is 0 Å². The topological polar surface area (TPSA) is 84.6 Å². The monoisotopic (exact) mass is 482 g/mol. The van der Waals surface area contributed by atoms with Crippen molar-refractivity contribution in [2.75, 3.05) is 44.2 Å². The van der Waals surface area contributed by atoms with Crippen LogP contribution in [0.15, 0.2) is 35.1 Å². The molecule has 10 heteroatoms. The lowest BCUT2D eigenvalue weighted by molar-refractivity contribution is 0.0825. The van der Waals surface area contributed by atoms with Gasteiger partial charge in [0.05, 0.1) is 11.2 Å². The molecule has 3 heterocycles. The van der Waals surface area contributed by atoms with Crippen molar-refractivity contribution in [1.82, 2.24) is 25.3 Å². The Morgan fingerprint density at radius 3 is 2.51 bits per heavy atom. The van der Waals surface area contributed by atoms with Gasteiger partial charge in [0.15, 0.2) is 5.82 Å². The number of carbonyl (C=O) groups excluding carboxylic acids is 1. The molecule has 0 bridgehead atoms. The highest BCUT2D eigenvalue weighted by molar-refractivity contribution is 5.94. The number of nitrogens with zero attached hydrogens (tertiary/aromatic N) is 4. The van der Waals surface area contributed by atoms with Crippen molar-refractivity contribution in [1.29, 1.82) is 0 Å². The first kappa shape index (κ1) is 23.4. The molecule has 0 aliphatic carbocycles. The third-order valence-corrected chi connectivity index (χ3v) is 6.74. The second kappa shape index (κ2) is 9.71. The van der Waals surface area contributed by atoms with Crippen molar-refractivity contribution in [2.24, 2.45) is 0 Å². The van der Waals surface area contributed by atoms with Gasteiger partial charge in [-0.25, -0.2) is 18.8 Å². The van der Waals surface area contributed by atoms with E-state index in [4.69, 9.17) is 0 Å². The molecule has 5 rings (SSSR count). The first-order valence-corrected chi connectivity index (χ1v) is 11.9. The number of hydrogen-bond acceptors (Lipinski definition) is 6. The van der Waals surface area contributed by atoms with Gasteiger partial charge in [-0.05, 0) is 44.0 Å². The number of piperazine rings is 1. The van der Waals surface area contributed by atoms with Crippen LogP contribution in [-0.4, -0.2) is 65.1 Å². The third-order valence-electron chi connectivity index (χ3n) is 6.74. The van der Waals surface area contributed by atoms with Crippen LogP contribution < -0.4 is 15.9 Å². The number of carbonyl (C=O) groups is 1. The number of anilines is 1. The normalized spacial score (nSPS) is 17.3. The largest absolute Gasteiger partial charge is 0.367 e. The molecule has 35 heavy (non-hydrogen) atoms. The van der Waals surface area contributed by atoms with Crippen LogP contribution in [0.4, 0.5) is 14.5 Å². The Balaban J connectivity index is 1.22. The van der Waals surface area contributed by atoms with Crippen LogP contribution in [0, 0.1) is 18.6 Å². The maximum Gasteiger partial charge on any atom is 0.269 e. The molecule has 0 unspecified atom stereocenters. The SMILES string of the molecule is Cc1nc2ccc(CN3CCN(c4ccc(C(=O)NN5CCCC5)cc4F)CC3)c(F)c2[nH]c1=O. The van der Waals surface area contributed by atoms with Crippen LogP contribution >= 0.6 is 0 Å². The van der Waals surface area contributed by atoms with E-state index in [1.807, 2.05) is 9.91 Å². The Morgan fingerprint density at radius 2 is 1.80 bits per heavy atom. The molecule has 2 aromatic carbocycles. The zero-order valence-corrected chi connectivity index (χ0v) is 19.6. The average molecular weight is 483 g/mol. The van der Waals surface area contributed by atoms with E-state index in [0.717, 1.165) is 25.9 Å². The summed E-state index contributed by atoms with van der Waals surface area (Å²) in [4.78, 5) is 35.0. The fourth-order valence-corrected chi connectivity index (χ4v) is 4.71. The number of aromatic nitrogens is 2. The van der Waals surface area contributed by atoms with Crippen molar-refractivity contribution in [3.05, 3.63) is 69.1 Å². The fourth-order valence-electron chi connectivity index (χ4n) is 4.71. The first-order chi connectivity index (χ1) is 16.9. The van der Waals surface area contributed by atoms with Crippen LogP contribution in [-0.2, 0) is 6.54 Å². The highest BCUT2D eigenvalue weighted by Gasteiger charge is 2.23. The lowest BCUT2D eigenvalue weighted by Crippen LogP contribution is -2.46. The zero-order valence-electron chi connectivity index (χ0n) is 19.6. The molecule has 0 atom stereocenters. The number of H-pyrrole nitrogens is 1. The molecular formula is C25H28F2N6O2. The number of halogens is 2.